The number of rotatable bonds is 5. The minimum Gasteiger partial charge on any atom is -0.480 e. The second-order valence-electron chi connectivity index (χ2n) is 3.82. The van der Waals surface area contributed by atoms with Crippen molar-refractivity contribution in [2.45, 2.75) is 6.54 Å². The molecule has 0 saturated carbocycles. The van der Waals surface area contributed by atoms with E-state index in [1.165, 1.54) is 0 Å². The van der Waals surface area contributed by atoms with Gasteiger partial charge in [0.15, 0.2) is 5.82 Å². The molecule has 0 spiro atoms. The molecule has 8 heteroatoms. The van der Waals surface area contributed by atoms with Gasteiger partial charge in [-0.1, -0.05) is 23.4 Å². The van der Waals surface area contributed by atoms with Crippen LogP contribution in [0.4, 0.5) is 10.5 Å². The van der Waals surface area contributed by atoms with Crippen molar-refractivity contribution in [1.82, 2.24) is 15.5 Å². The number of aromatic nitrogens is 2. The van der Waals surface area contributed by atoms with Crippen LogP contribution in [-0.2, 0) is 11.3 Å². The molecule has 0 fully saturated rings. The Hall–Kier alpha value is -2.90. The van der Waals surface area contributed by atoms with Crippen molar-refractivity contribution in [2.24, 2.45) is 0 Å². The third kappa shape index (κ3) is 3.55. The fourth-order valence-electron chi connectivity index (χ4n) is 1.54. The molecule has 1 heterocycles. The third-order valence-corrected chi connectivity index (χ3v) is 2.41. The van der Waals surface area contributed by atoms with Crippen LogP contribution in [0.2, 0.25) is 0 Å². The van der Waals surface area contributed by atoms with E-state index in [-0.39, 0.29) is 6.54 Å². The molecule has 1 aromatic heterocycles. The second-order valence-corrected chi connectivity index (χ2v) is 3.82. The van der Waals surface area contributed by atoms with Crippen LogP contribution < -0.4 is 10.2 Å². The van der Waals surface area contributed by atoms with E-state index in [9.17, 15) is 9.59 Å². The lowest BCUT2D eigenvalue weighted by atomic mass is 10.3. The Morgan fingerprint density at radius 1 is 1.30 bits per heavy atom. The van der Waals surface area contributed by atoms with Gasteiger partial charge < -0.3 is 14.9 Å². The summed E-state index contributed by atoms with van der Waals surface area (Å²) in [6.07, 6.45) is 1.15. The Morgan fingerprint density at radius 3 is 2.65 bits per heavy atom. The van der Waals surface area contributed by atoms with E-state index in [1.807, 2.05) is 0 Å². The van der Waals surface area contributed by atoms with Crippen molar-refractivity contribution < 1.29 is 19.2 Å². The number of amides is 2. The van der Waals surface area contributed by atoms with Gasteiger partial charge in [0.1, 0.15) is 6.54 Å². The molecule has 2 rings (SSSR count). The summed E-state index contributed by atoms with van der Waals surface area (Å²) in [5.41, 5.74) is 0.487. The van der Waals surface area contributed by atoms with E-state index < -0.39 is 18.5 Å². The van der Waals surface area contributed by atoms with Crippen LogP contribution in [0.15, 0.2) is 41.2 Å². The van der Waals surface area contributed by atoms with Crippen LogP contribution in [0.3, 0.4) is 0 Å². The molecule has 0 bridgehead atoms. The number of nitrogens with zero attached hydrogens (tertiary/aromatic N) is 3. The molecule has 1 aromatic carbocycles. The van der Waals surface area contributed by atoms with Gasteiger partial charge in [0.25, 0.3) is 0 Å². The molecular formula is C12H12N4O4. The Bertz CT molecular complexity index is 570. The van der Waals surface area contributed by atoms with Gasteiger partial charge in [0.2, 0.25) is 6.39 Å². The molecule has 8 nitrogen and oxygen atoms in total. The molecule has 20 heavy (non-hydrogen) atoms. The van der Waals surface area contributed by atoms with Gasteiger partial charge in [-0.25, -0.2) is 4.79 Å². The molecule has 2 N–H and O–H groups in total. The first-order chi connectivity index (χ1) is 9.66. The number of aliphatic carboxylic acids is 1. The fraction of sp³-hybridized carbons (Fsp3) is 0.167. The minimum absolute atomic E-state index is 0.0539. The highest BCUT2D eigenvalue weighted by Gasteiger charge is 2.18. The Balaban J connectivity index is 2.06. The van der Waals surface area contributed by atoms with Gasteiger partial charge in [-0.05, 0) is 12.1 Å². The second kappa shape index (κ2) is 6.32. The molecule has 2 amide bonds. The maximum absolute atomic E-state index is 12.0. The van der Waals surface area contributed by atoms with Crippen LogP contribution in [0.25, 0.3) is 0 Å². The van der Waals surface area contributed by atoms with Gasteiger partial charge in [0.05, 0.1) is 6.54 Å². The van der Waals surface area contributed by atoms with Gasteiger partial charge in [-0.3, -0.25) is 9.69 Å². The molecule has 0 aliphatic carbocycles. The van der Waals surface area contributed by atoms with Crippen LogP contribution in [0.5, 0.6) is 0 Å². The van der Waals surface area contributed by atoms with Crippen LogP contribution >= 0.6 is 0 Å². The zero-order chi connectivity index (χ0) is 14.4. The molecule has 0 aliphatic rings. The molecule has 104 valence electrons. The summed E-state index contributed by atoms with van der Waals surface area (Å²) in [5.74, 6) is -0.801. The van der Waals surface area contributed by atoms with E-state index >= 15 is 0 Å². The van der Waals surface area contributed by atoms with Crippen molar-refractivity contribution in [1.29, 1.82) is 0 Å². The Kier molecular flexibility index (Phi) is 4.28. The van der Waals surface area contributed by atoms with Crippen LogP contribution in [-0.4, -0.2) is 33.8 Å². The Morgan fingerprint density at radius 2 is 2.05 bits per heavy atom. The first kappa shape index (κ1) is 13.5. The predicted molar refractivity (Wildman–Crippen MR) is 68.0 cm³/mol. The Labute approximate surface area is 114 Å². The summed E-state index contributed by atoms with van der Waals surface area (Å²) in [5, 5.41) is 15.0. The van der Waals surface area contributed by atoms with E-state index in [1.54, 1.807) is 30.3 Å². The average molecular weight is 276 g/mol. The number of urea groups is 1. The molecule has 0 radical (unpaired) electrons. The monoisotopic (exact) mass is 276 g/mol. The highest BCUT2D eigenvalue weighted by Crippen LogP contribution is 2.13. The van der Waals surface area contributed by atoms with Crippen LogP contribution in [0, 0.1) is 0 Å². The zero-order valence-electron chi connectivity index (χ0n) is 10.4. The van der Waals surface area contributed by atoms with E-state index in [2.05, 4.69) is 20.0 Å². The number of nitrogens with one attached hydrogen (secondary N) is 1. The SMILES string of the molecule is O=C(O)CN(C(=O)NCc1ncon1)c1ccccc1. The van der Waals surface area contributed by atoms with Crippen LogP contribution in [0.1, 0.15) is 5.82 Å². The fourth-order valence-corrected chi connectivity index (χ4v) is 1.54. The van der Waals surface area contributed by atoms with E-state index in [0.717, 1.165) is 11.3 Å². The summed E-state index contributed by atoms with van der Waals surface area (Å²) in [6, 6.07) is 7.96. The number of benzene rings is 1. The summed E-state index contributed by atoms with van der Waals surface area (Å²) < 4.78 is 4.54. The maximum atomic E-state index is 12.0. The van der Waals surface area contributed by atoms with E-state index in [4.69, 9.17) is 5.11 Å². The topological polar surface area (TPSA) is 109 Å². The third-order valence-electron chi connectivity index (χ3n) is 2.41. The summed E-state index contributed by atoms with van der Waals surface area (Å²) in [7, 11) is 0. The van der Waals surface area contributed by atoms with Crippen molar-refractivity contribution in [3.05, 3.63) is 42.5 Å². The summed E-state index contributed by atoms with van der Waals surface area (Å²) in [4.78, 5) is 27.8. The molecule has 0 unspecified atom stereocenters. The number of hydrogen-bond acceptors (Lipinski definition) is 5. The summed E-state index contributed by atoms with van der Waals surface area (Å²) >= 11 is 0. The molecular weight excluding hydrogens is 264 g/mol. The van der Waals surface area contributed by atoms with Crippen molar-refractivity contribution in [3.63, 3.8) is 0 Å². The normalized spacial score (nSPS) is 10.0. The standard InChI is InChI=1S/C12H12N4O4/c17-11(18)7-16(9-4-2-1-3-5-9)12(19)13-6-10-14-8-20-15-10/h1-5,8H,6-7H2,(H,13,19)(H,17,18). The van der Waals surface area contributed by atoms with Gasteiger partial charge in [-0.2, -0.15) is 4.98 Å². The highest BCUT2D eigenvalue weighted by molar-refractivity contribution is 5.96. The molecule has 0 saturated heterocycles. The first-order valence-electron chi connectivity index (χ1n) is 5.74. The number of para-hydroxylation sites is 1. The van der Waals surface area contributed by atoms with Crippen molar-refractivity contribution in [2.75, 3.05) is 11.4 Å². The maximum Gasteiger partial charge on any atom is 0.323 e. The van der Waals surface area contributed by atoms with E-state index in [0.29, 0.717) is 11.5 Å². The van der Waals surface area contributed by atoms with Gasteiger partial charge in [0, 0.05) is 5.69 Å². The summed E-state index contributed by atoms with van der Waals surface area (Å²) in [6.45, 7) is -0.389. The smallest absolute Gasteiger partial charge is 0.323 e. The van der Waals surface area contributed by atoms with Crippen molar-refractivity contribution >= 4 is 17.7 Å². The lowest BCUT2D eigenvalue weighted by Gasteiger charge is -2.20. The molecule has 2 aromatic rings. The average Bonchev–Trinajstić information content (AvgIpc) is 2.96. The van der Waals surface area contributed by atoms with Gasteiger partial charge in [-0.15, -0.1) is 0 Å². The number of carbonyl (C=O) groups excluding carboxylic acids is 1. The highest BCUT2D eigenvalue weighted by atomic mass is 16.5. The molecule has 0 aliphatic heterocycles. The zero-order valence-corrected chi connectivity index (χ0v) is 10.4. The number of carboxylic acids is 1. The molecule has 0 atom stereocenters. The van der Waals surface area contributed by atoms with Crippen molar-refractivity contribution in [3.8, 4) is 0 Å². The first-order valence-corrected chi connectivity index (χ1v) is 5.74. The number of anilines is 1. The lowest BCUT2D eigenvalue weighted by Crippen LogP contribution is -2.42. The number of hydrogen-bond donors (Lipinski definition) is 2. The number of carboxylic acid groups (broad SMARTS) is 1. The minimum atomic E-state index is -1.11. The largest absolute Gasteiger partial charge is 0.480 e. The number of carbonyl (C=O) groups is 2. The van der Waals surface area contributed by atoms with Gasteiger partial charge >= 0.3 is 12.0 Å². The quantitative estimate of drug-likeness (QED) is 0.838. The predicted octanol–water partition coefficient (Wildman–Crippen LogP) is 0.870. The lowest BCUT2D eigenvalue weighted by molar-refractivity contribution is -0.135.